The van der Waals surface area contributed by atoms with E-state index in [1.54, 1.807) is 17.0 Å². The summed E-state index contributed by atoms with van der Waals surface area (Å²) < 4.78 is 4.99. The van der Waals surface area contributed by atoms with Crippen LogP contribution < -0.4 is 9.64 Å². The smallest absolute Gasteiger partial charge is 0.339 e. The van der Waals surface area contributed by atoms with Crippen molar-refractivity contribution >= 4 is 29.2 Å². The monoisotopic (exact) mass is 283 g/mol. The molecule has 5 nitrogen and oxygen atoms in total. The Balaban J connectivity index is 2.33. The van der Waals surface area contributed by atoms with E-state index in [2.05, 4.69) is 0 Å². The Morgan fingerprint density at radius 3 is 2.84 bits per heavy atom. The van der Waals surface area contributed by atoms with Crippen molar-refractivity contribution < 1.29 is 19.4 Å². The maximum Gasteiger partial charge on any atom is 0.339 e. The second-order valence-corrected chi connectivity index (χ2v) is 4.73. The number of carbonyl (C=O) groups excluding carboxylic acids is 1. The van der Waals surface area contributed by atoms with Gasteiger partial charge in [-0.3, -0.25) is 4.79 Å². The summed E-state index contributed by atoms with van der Waals surface area (Å²) in [5.41, 5.74) is 0.609. The molecule has 1 aliphatic heterocycles. The Kier molecular flexibility index (Phi) is 3.95. The van der Waals surface area contributed by atoms with E-state index in [9.17, 15) is 9.59 Å². The molecule has 102 valence electrons. The number of benzene rings is 1. The third-order valence-corrected chi connectivity index (χ3v) is 3.58. The summed E-state index contributed by atoms with van der Waals surface area (Å²) >= 11 is 5.76. The van der Waals surface area contributed by atoms with Crippen LogP contribution in [0.2, 0.25) is 0 Å². The number of rotatable bonds is 4. The molecule has 1 saturated heterocycles. The van der Waals surface area contributed by atoms with Crippen LogP contribution in [-0.4, -0.2) is 36.5 Å². The zero-order valence-corrected chi connectivity index (χ0v) is 11.2. The molecular formula is C13H14ClNO4. The average molecular weight is 284 g/mol. The van der Waals surface area contributed by atoms with Crippen molar-refractivity contribution in [2.24, 2.45) is 5.92 Å². The molecule has 1 amide bonds. The highest BCUT2D eigenvalue weighted by atomic mass is 35.5. The maximum atomic E-state index is 11.9. The Hall–Kier alpha value is -1.75. The van der Waals surface area contributed by atoms with E-state index >= 15 is 0 Å². The summed E-state index contributed by atoms with van der Waals surface area (Å²) in [5.74, 6) is -0.308. The minimum atomic E-state index is -1.08. The molecule has 0 aliphatic carbocycles. The van der Waals surface area contributed by atoms with Crippen molar-refractivity contribution in [2.75, 3.05) is 24.4 Å². The van der Waals surface area contributed by atoms with Gasteiger partial charge in [-0.25, -0.2) is 4.79 Å². The minimum Gasteiger partial charge on any atom is -0.496 e. The first kappa shape index (κ1) is 13.7. The van der Waals surface area contributed by atoms with Gasteiger partial charge in [0.2, 0.25) is 5.91 Å². The lowest BCUT2D eigenvalue weighted by Crippen LogP contribution is -2.25. The fraction of sp³-hybridized carbons (Fsp3) is 0.385. The lowest BCUT2D eigenvalue weighted by molar-refractivity contribution is -0.117. The molecule has 1 aliphatic rings. The van der Waals surface area contributed by atoms with Gasteiger partial charge in [0.1, 0.15) is 11.3 Å². The van der Waals surface area contributed by atoms with Crippen molar-refractivity contribution in [3.05, 3.63) is 23.8 Å². The summed E-state index contributed by atoms with van der Waals surface area (Å²) in [6.07, 6.45) is 0.401. The minimum absolute atomic E-state index is 0.0350. The van der Waals surface area contributed by atoms with E-state index in [1.807, 2.05) is 0 Å². The number of carboxylic acid groups (broad SMARTS) is 1. The maximum absolute atomic E-state index is 11.9. The Morgan fingerprint density at radius 1 is 1.58 bits per heavy atom. The first-order valence-electron chi connectivity index (χ1n) is 5.84. The van der Waals surface area contributed by atoms with Crippen LogP contribution in [0, 0.1) is 5.92 Å². The highest BCUT2D eigenvalue weighted by molar-refractivity contribution is 6.18. The van der Waals surface area contributed by atoms with Gasteiger partial charge in [0.15, 0.2) is 0 Å². The van der Waals surface area contributed by atoms with Gasteiger partial charge in [-0.1, -0.05) is 0 Å². The Morgan fingerprint density at radius 2 is 2.32 bits per heavy atom. The number of nitrogens with zero attached hydrogens (tertiary/aromatic N) is 1. The van der Waals surface area contributed by atoms with Crippen LogP contribution in [0.4, 0.5) is 5.69 Å². The molecule has 1 fully saturated rings. The van der Waals surface area contributed by atoms with Gasteiger partial charge in [-0.05, 0) is 24.1 Å². The van der Waals surface area contributed by atoms with Crippen LogP contribution in [0.5, 0.6) is 5.75 Å². The van der Waals surface area contributed by atoms with E-state index < -0.39 is 5.97 Å². The zero-order valence-electron chi connectivity index (χ0n) is 10.4. The standard InChI is InChI=1S/C13H14ClNO4/c1-19-11-3-2-9(5-10(11)13(17)18)15-7-8(6-14)4-12(15)16/h2-3,5,8H,4,6-7H2,1H3,(H,17,18). The third kappa shape index (κ3) is 2.66. The largest absolute Gasteiger partial charge is 0.496 e. The lowest BCUT2D eigenvalue weighted by Gasteiger charge is -2.17. The molecule has 1 aromatic rings. The molecule has 19 heavy (non-hydrogen) atoms. The predicted molar refractivity (Wildman–Crippen MR) is 71.1 cm³/mol. The van der Waals surface area contributed by atoms with Crippen molar-refractivity contribution in [1.82, 2.24) is 0 Å². The van der Waals surface area contributed by atoms with Crippen LogP contribution in [0.25, 0.3) is 0 Å². The summed E-state index contributed by atoms with van der Waals surface area (Å²) in [6, 6.07) is 4.69. The number of halogens is 1. The third-order valence-electron chi connectivity index (χ3n) is 3.15. The molecule has 0 aromatic heterocycles. The molecule has 1 unspecified atom stereocenters. The first-order chi connectivity index (χ1) is 9.06. The molecule has 2 rings (SSSR count). The molecule has 6 heteroatoms. The van der Waals surface area contributed by atoms with Gasteiger partial charge in [0.25, 0.3) is 0 Å². The fourth-order valence-corrected chi connectivity index (χ4v) is 2.37. The lowest BCUT2D eigenvalue weighted by atomic mass is 10.1. The SMILES string of the molecule is COc1ccc(N2CC(CCl)CC2=O)cc1C(=O)O. The van der Waals surface area contributed by atoms with Crippen LogP contribution in [0.3, 0.4) is 0 Å². The van der Waals surface area contributed by atoms with E-state index in [0.717, 1.165) is 0 Å². The number of ether oxygens (including phenoxy) is 1. The van der Waals surface area contributed by atoms with E-state index in [-0.39, 0.29) is 23.1 Å². The van der Waals surface area contributed by atoms with Gasteiger partial charge in [0.05, 0.1) is 7.11 Å². The number of aromatic carboxylic acids is 1. The molecule has 1 atom stereocenters. The molecule has 0 bridgehead atoms. The molecule has 1 N–H and O–H groups in total. The number of anilines is 1. The topological polar surface area (TPSA) is 66.8 Å². The number of hydrogen-bond acceptors (Lipinski definition) is 3. The normalized spacial score (nSPS) is 18.7. The quantitative estimate of drug-likeness (QED) is 0.858. The number of hydrogen-bond donors (Lipinski definition) is 1. The first-order valence-corrected chi connectivity index (χ1v) is 6.38. The average Bonchev–Trinajstić information content (AvgIpc) is 2.79. The summed E-state index contributed by atoms with van der Waals surface area (Å²) in [6.45, 7) is 0.522. The molecule has 1 heterocycles. The molecule has 1 aromatic carbocycles. The number of amides is 1. The van der Waals surface area contributed by atoms with E-state index in [4.69, 9.17) is 21.4 Å². The zero-order chi connectivity index (χ0) is 14.0. The van der Waals surface area contributed by atoms with Gasteiger partial charge in [0, 0.05) is 24.5 Å². The highest BCUT2D eigenvalue weighted by Gasteiger charge is 2.30. The number of alkyl halides is 1. The summed E-state index contributed by atoms with van der Waals surface area (Å²) in [5, 5.41) is 9.12. The van der Waals surface area contributed by atoms with Crippen molar-refractivity contribution in [2.45, 2.75) is 6.42 Å². The van der Waals surface area contributed by atoms with E-state index in [1.165, 1.54) is 13.2 Å². The molecule has 0 saturated carbocycles. The fourth-order valence-electron chi connectivity index (χ4n) is 2.17. The summed E-state index contributed by atoms with van der Waals surface area (Å²) in [4.78, 5) is 24.6. The number of methoxy groups -OCH3 is 1. The van der Waals surface area contributed by atoms with Gasteiger partial charge >= 0.3 is 5.97 Å². The van der Waals surface area contributed by atoms with Crippen molar-refractivity contribution in [1.29, 1.82) is 0 Å². The van der Waals surface area contributed by atoms with Crippen molar-refractivity contribution in [3.63, 3.8) is 0 Å². The van der Waals surface area contributed by atoms with Gasteiger partial charge in [-0.2, -0.15) is 0 Å². The van der Waals surface area contributed by atoms with Crippen LogP contribution in [0.15, 0.2) is 18.2 Å². The predicted octanol–water partition coefficient (Wildman–Crippen LogP) is 1.99. The van der Waals surface area contributed by atoms with Crippen LogP contribution in [0.1, 0.15) is 16.8 Å². The Labute approximate surface area is 115 Å². The molecular weight excluding hydrogens is 270 g/mol. The summed E-state index contributed by atoms with van der Waals surface area (Å²) in [7, 11) is 1.41. The van der Waals surface area contributed by atoms with Crippen LogP contribution >= 0.6 is 11.6 Å². The number of carboxylic acids is 1. The van der Waals surface area contributed by atoms with Crippen LogP contribution in [-0.2, 0) is 4.79 Å². The highest BCUT2D eigenvalue weighted by Crippen LogP contribution is 2.30. The number of carbonyl (C=O) groups is 2. The van der Waals surface area contributed by atoms with Gasteiger partial charge < -0.3 is 14.7 Å². The molecule has 0 radical (unpaired) electrons. The van der Waals surface area contributed by atoms with E-state index in [0.29, 0.717) is 24.5 Å². The molecule has 0 spiro atoms. The second kappa shape index (κ2) is 5.48. The van der Waals surface area contributed by atoms with Gasteiger partial charge in [-0.15, -0.1) is 11.6 Å². The second-order valence-electron chi connectivity index (χ2n) is 4.42. The van der Waals surface area contributed by atoms with Crippen molar-refractivity contribution in [3.8, 4) is 5.75 Å². The Bertz CT molecular complexity index is 517.